The van der Waals surface area contributed by atoms with Crippen LogP contribution in [0, 0.1) is 0 Å². The normalized spacial score (nSPS) is 13.9. The Morgan fingerprint density at radius 2 is 2.12 bits per heavy atom. The van der Waals surface area contributed by atoms with Crippen molar-refractivity contribution in [2.75, 3.05) is 12.3 Å². The highest BCUT2D eigenvalue weighted by atomic mass is 32.2. The Labute approximate surface area is 146 Å². The molecule has 1 aliphatic heterocycles. The molecule has 0 bridgehead atoms. The largest absolute Gasteiger partial charge is 0.337 e. The van der Waals surface area contributed by atoms with Crippen LogP contribution < -0.4 is 5.56 Å². The van der Waals surface area contributed by atoms with Gasteiger partial charge in [-0.3, -0.25) is 9.59 Å². The summed E-state index contributed by atoms with van der Waals surface area (Å²) in [6.07, 6.45) is 0.892. The Balaban J connectivity index is 1.44. The first-order chi connectivity index (χ1) is 11.7. The average Bonchev–Trinajstić information content (AvgIpc) is 3.08. The number of aromatic nitrogens is 2. The van der Waals surface area contributed by atoms with Gasteiger partial charge in [0.25, 0.3) is 5.56 Å². The number of amides is 1. The number of carbonyl (C=O) groups excluding carboxylic acids is 1. The highest BCUT2D eigenvalue weighted by Crippen LogP contribution is 2.22. The minimum absolute atomic E-state index is 0.0726. The zero-order valence-corrected chi connectivity index (χ0v) is 14.5. The Morgan fingerprint density at radius 1 is 1.29 bits per heavy atom. The standard InChI is InChI=1S/C17H15N3O2S2/c21-14(20-7-5-11-3-1-2-4-12(11)9-20)10-24-17-18-15(22)13-6-8-23-16(13)19-17/h1-4,6,8H,5,7,9-10H2,(H,18,19,22). The van der Waals surface area contributed by atoms with E-state index in [0.29, 0.717) is 21.9 Å². The van der Waals surface area contributed by atoms with Gasteiger partial charge in [0.15, 0.2) is 5.16 Å². The minimum Gasteiger partial charge on any atom is -0.337 e. The predicted octanol–water partition coefficient (Wildman–Crippen LogP) is 2.66. The van der Waals surface area contributed by atoms with Gasteiger partial charge in [-0.2, -0.15) is 0 Å². The molecule has 24 heavy (non-hydrogen) atoms. The minimum atomic E-state index is -0.150. The lowest BCUT2D eigenvalue weighted by atomic mass is 10.00. The Bertz CT molecular complexity index is 964. The van der Waals surface area contributed by atoms with Crippen LogP contribution in [0.5, 0.6) is 0 Å². The van der Waals surface area contributed by atoms with Crippen molar-refractivity contribution < 1.29 is 4.79 Å². The van der Waals surface area contributed by atoms with Crippen molar-refractivity contribution in [3.63, 3.8) is 0 Å². The molecule has 0 unspecified atom stereocenters. The summed E-state index contributed by atoms with van der Waals surface area (Å²) in [6, 6.07) is 10.0. The van der Waals surface area contributed by atoms with E-state index in [-0.39, 0.29) is 17.2 Å². The van der Waals surface area contributed by atoms with Gasteiger partial charge in [0, 0.05) is 13.1 Å². The van der Waals surface area contributed by atoms with Crippen LogP contribution in [0.15, 0.2) is 45.7 Å². The third kappa shape index (κ3) is 2.97. The maximum Gasteiger partial charge on any atom is 0.260 e. The van der Waals surface area contributed by atoms with Crippen molar-refractivity contribution in [3.05, 3.63) is 57.2 Å². The zero-order chi connectivity index (χ0) is 16.5. The van der Waals surface area contributed by atoms with Gasteiger partial charge < -0.3 is 9.88 Å². The molecule has 0 aliphatic carbocycles. The molecule has 0 atom stereocenters. The summed E-state index contributed by atoms with van der Waals surface area (Å²) in [5, 5.41) is 2.95. The van der Waals surface area contributed by atoms with E-state index >= 15 is 0 Å². The number of hydrogen-bond donors (Lipinski definition) is 1. The maximum atomic E-state index is 12.5. The molecule has 4 rings (SSSR count). The molecule has 0 saturated carbocycles. The third-order valence-corrected chi connectivity index (χ3v) is 5.79. The highest BCUT2D eigenvalue weighted by molar-refractivity contribution is 7.99. The fourth-order valence-corrected chi connectivity index (χ4v) is 4.43. The molecule has 1 amide bonds. The average molecular weight is 357 g/mol. The van der Waals surface area contributed by atoms with Gasteiger partial charge in [-0.05, 0) is 29.0 Å². The molecule has 0 fully saturated rings. The van der Waals surface area contributed by atoms with Crippen molar-refractivity contribution in [1.29, 1.82) is 0 Å². The molecule has 2 aromatic heterocycles. The molecule has 1 aliphatic rings. The smallest absolute Gasteiger partial charge is 0.260 e. The molecule has 3 heterocycles. The topological polar surface area (TPSA) is 66.1 Å². The molecular formula is C17H15N3O2S2. The molecule has 0 radical (unpaired) electrons. The van der Waals surface area contributed by atoms with Crippen molar-refractivity contribution in [2.24, 2.45) is 0 Å². The van der Waals surface area contributed by atoms with Crippen LogP contribution >= 0.6 is 23.1 Å². The number of hydrogen-bond acceptors (Lipinski definition) is 5. The van der Waals surface area contributed by atoms with Crippen LogP contribution in [-0.2, 0) is 17.8 Å². The monoisotopic (exact) mass is 357 g/mol. The number of fused-ring (bicyclic) bond motifs is 2. The van der Waals surface area contributed by atoms with Gasteiger partial charge in [0.2, 0.25) is 5.91 Å². The molecule has 1 N–H and O–H groups in total. The highest BCUT2D eigenvalue weighted by Gasteiger charge is 2.20. The van der Waals surface area contributed by atoms with Crippen LogP contribution in [-0.4, -0.2) is 33.1 Å². The summed E-state index contributed by atoms with van der Waals surface area (Å²) in [4.78, 5) is 34.1. The van der Waals surface area contributed by atoms with E-state index in [1.54, 1.807) is 6.07 Å². The van der Waals surface area contributed by atoms with Crippen LogP contribution in [0.25, 0.3) is 10.2 Å². The Morgan fingerprint density at radius 3 is 3.00 bits per heavy atom. The number of rotatable bonds is 3. The molecule has 0 saturated heterocycles. The summed E-state index contributed by atoms with van der Waals surface area (Å²) < 4.78 is 0. The van der Waals surface area contributed by atoms with Crippen molar-refractivity contribution in [3.8, 4) is 0 Å². The number of H-pyrrole nitrogens is 1. The number of nitrogens with zero attached hydrogens (tertiary/aromatic N) is 2. The van der Waals surface area contributed by atoms with Crippen LogP contribution in [0.3, 0.4) is 0 Å². The summed E-state index contributed by atoms with van der Waals surface area (Å²) >= 11 is 2.72. The summed E-state index contributed by atoms with van der Waals surface area (Å²) in [5.41, 5.74) is 2.39. The Kier molecular flexibility index (Phi) is 4.12. The van der Waals surface area contributed by atoms with Crippen LogP contribution in [0.1, 0.15) is 11.1 Å². The molecule has 1 aromatic carbocycles. The first kappa shape index (κ1) is 15.4. The van der Waals surface area contributed by atoms with Gasteiger partial charge in [0.05, 0.1) is 11.1 Å². The van der Waals surface area contributed by atoms with Crippen molar-refractivity contribution in [1.82, 2.24) is 14.9 Å². The lowest BCUT2D eigenvalue weighted by Gasteiger charge is -2.28. The molecular weight excluding hydrogens is 342 g/mol. The molecule has 3 aromatic rings. The van der Waals surface area contributed by atoms with E-state index in [4.69, 9.17) is 0 Å². The number of thioether (sulfide) groups is 1. The second-order valence-electron chi connectivity index (χ2n) is 5.63. The van der Waals surface area contributed by atoms with E-state index in [0.717, 1.165) is 13.0 Å². The molecule has 5 nitrogen and oxygen atoms in total. The van der Waals surface area contributed by atoms with Crippen LogP contribution in [0.2, 0.25) is 0 Å². The van der Waals surface area contributed by atoms with E-state index in [2.05, 4.69) is 22.1 Å². The number of nitrogens with one attached hydrogen (secondary N) is 1. The molecule has 7 heteroatoms. The van der Waals surface area contributed by atoms with Gasteiger partial charge in [-0.15, -0.1) is 11.3 Å². The fourth-order valence-electron chi connectivity index (χ4n) is 2.84. The number of thiophene rings is 1. The van der Waals surface area contributed by atoms with E-state index < -0.39 is 0 Å². The summed E-state index contributed by atoms with van der Waals surface area (Å²) in [6.45, 7) is 1.40. The first-order valence-corrected chi connectivity index (χ1v) is 9.52. The predicted molar refractivity (Wildman–Crippen MR) is 96.5 cm³/mol. The first-order valence-electron chi connectivity index (χ1n) is 7.65. The maximum absolute atomic E-state index is 12.5. The fraction of sp³-hybridized carbons (Fsp3) is 0.235. The quantitative estimate of drug-likeness (QED) is 0.578. The summed E-state index contributed by atoms with van der Waals surface area (Å²) in [5.74, 6) is 0.352. The second kappa shape index (κ2) is 6.41. The molecule has 0 spiro atoms. The van der Waals surface area contributed by atoms with Gasteiger partial charge in [-0.1, -0.05) is 36.0 Å². The lowest BCUT2D eigenvalue weighted by molar-refractivity contribution is -0.129. The summed E-state index contributed by atoms with van der Waals surface area (Å²) in [7, 11) is 0. The van der Waals surface area contributed by atoms with E-state index in [9.17, 15) is 9.59 Å². The van der Waals surface area contributed by atoms with Crippen molar-refractivity contribution >= 4 is 39.2 Å². The van der Waals surface area contributed by atoms with Gasteiger partial charge >= 0.3 is 0 Å². The Hall–Kier alpha value is -2.12. The lowest BCUT2D eigenvalue weighted by Crippen LogP contribution is -2.37. The number of carbonyl (C=O) groups is 1. The third-order valence-electron chi connectivity index (χ3n) is 4.13. The van der Waals surface area contributed by atoms with Gasteiger partial charge in [-0.25, -0.2) is 4.98 Å². The van der Waals surface area contributed by atoms with Crippen molar-refractivity contribution in [2.45, 2.75) is 18.1 Å². The van der Waals surface area contributed by atoms with Crippen LogP contribution in [0.4, 0.5) is 0 Å². The SMILES string of the molecule is O=C(CSc1nc2sccc2c(=O)[nH]1)N1CCc2ccccc2C1. The van der Waals surface area contributed by atoms with Gasteiger partial charge in [0.1, 0.15) is 4.83 Å². The second-order valence-corrected chi connectivity index (χ2v) is 7.49. The van der Waals surface area contributed by atoms with E-state index in [1.807, 2.05) is 22.4 Å². The number of benzene rings is 1. The number of aromatic amines is 1. The van der Waals surface area contributed by atoms with E-state index in [1.165, 1.54) is 34.2 Å². The molecule has 122 valence electrons. The zero-order valence-electron chi connectivity index (χ0n) is 12.8.